The van der Waals surface area contributed by atoms with Crippen molar-refractivity contribution in [1.29, 1.82) is 5.26 Å². The Morgan fingerprint density at radius 1 is 0.947 bits per heavy atom. The van der Waals surface area contributed by atoms with Crippen LogP contribution in [-0.4, -0.2) is 0 Å². The Morgan fingerprint density at radius 2 is 1.63 bits per heavy atom. The van der Waals surface area contributed by atoms with Crippen LogP contribution in [0.15, 0.2) is 48.5 Å². The van der Waals surface area contributed by atoms with E-state index in [1.807, 2.05) is 24.3 Å². The Bertz CT molecular complexity index is 609. The molecule has 0 spiro atoms. The van der Waals surface area contributed by atoms with E-state index in [0.29, 0.717) is 5.56 Å². The molecule has 0 amide bonds. The van der Waals surface area contributed by atoms with Gasteiger partial charge in [-0.25, -0.2) is 0 Å². The van der Waals surface area contributed by atoms with Crippen LogP contribution in [0.4, 0.5) is 0 Å². The lowest BCUT2D eigenvalue weighted by molar-refractivity contribution is 0.407. The van der Waals surface area contributed by atoms with Crippen LogP contribution < -0.4 is 5.48 Å². The summed E-state index contributed by atoms with van der Waals surface area (Å²) in [5, 5.41) is 8.88. The number of hydroxylamine groups is 1. The third-order valence-electron chi connectivity index (χ3n) is 3.10. The van der Waals surface area contributed by atoms with Crippen molar-refractivity contribution in [2.24, 2.45) is 0 Å². The number of nitrogens with zero attached hydrogens (tertiary/aromatic N) is 1. The number of nitrogens with one attached hydrogen (secondary N) is 1. The van der Waals surface area contributed by atoms with E-state index in [0.717, 1.165) is 24.6 Å². The first-order valence-corrected chi connectivity index (χ1v) is 6.19. The molecular weight excluding hydrogens is 236 g/mol. The molecule has 3 heteroatoms. The van der Waals surface area contributed by atoms with E-state index in [-0.39, 0.29) is 0 Å². The summed E-state index contributed by atoms with van der Waals surface area (Å²) in [5.74, 6) is 0. The van der Waals surface area contributed by atoms with Gasteiger partial charge in [0.25, 0.3) is 0 Å². The third kappa shape index (κ3) is 3.19. The molecule has 0 bridgehead atoms. The molecule has 19 heavy (non-hydrogen) atoms. The topological polar surface area (TPSA) is 58.3 Å². The molecular formula is C16H13N2O. The summed E-state index contributed by atoms with van der Waals surface area (Å²) in [5.41, 5.74) is 7.08. The highest BCUT2D eigenvalue weighted by molar-refractivity contribution is 5.36. The zero-order valence-electron chi connectivity index (χ0n) is 10.4. The van der Waals surface area contributed by atoms with Gasteiger partial charge in [0.05, 0.1) is 11.6 Å². The molecule has 0 unspecified atom stereocenters. The van der Waals surface area contributed by atoms with Gasteiger partial charge in [0, 0.05) is 6.42 Å². The van der Waals surface area contributed by atoms with E-state index in [4.69, 9.17) is 10.1 Å². The predicted octanol–water partition coefficient (Wildman–Crippen LogP) is 2.72. The van der Waals surface area contributed by atoms with Gasteiger partial charge in [0.1, 0.15) is 0 Å². The first-order valence-electron chi connectivity index (χ1n) is 6.19. The summed E-state index contributed by atoms with van der Waals surface area (Å²) in [7, 11) is 0. The molecule has 1 aliphatic heterocycles. The van der Waals surface area contributed by atoms with E-state index < -0.39 is 0 Å². The number of hydrogen-bond acceptors (Lipinski definition) is 3. The molecule has 1 saturated heterocycles. The fourth-order valence-corrected chi connectivity index (χ4v) is 2.06. The molecule has 0 aromatic heterocycles. The average molecular weight is 249 g/mol. The second-order valence-corrected chi connectivity index (χ2v) is 4.61. The SMILES string of the molecule is N#Cc1cccc(Cc2ccc(C[C]3NO3)cc2)c1. The van der Waals surface area contributed by atoms with Gasteiger partial charge in [-0.05, 0) is 35.2 Å². The van der Waals surface area contributed by atoms with Crippen molar-refractivity contribution in [2.45, 2.75) is 12.8 Å². The fraction of sp³-hybridized carbons (Fsp3) is 0.125. The van der Waals surface area contributed by atoms with E-state index in [1.54, 1.807) is 0 Å². The van der Waals surface area contributed by atoms with Gasteiger partial charge in [-0.3, -0.25) is 4.84 Å². The highest BCUT2D eigenvalue weighted by Crippen LogP contribution is 2.19. The van der Waals surface area contributed by atoms with Gasteiger partial charge in [-0.15, -0.1) is 0 Å². The normalized spacial score (nSPS) is 14.1. The minimum Gasteiger partial charge on any atom is -0.269 e. The molecule has 2 aromatic rings. The molecule has 93 valence electrons. The first kappa shape index (κ1) is 11.9. The predicted molar refractivity (Wildman–Crippen MR) is 71.6 cm³/mol. The second-order valence-electron chi connectivity index (χ2n) is 4.61. The fourth-order valence-electron chi connectivity index (χ4n) is 2.06. The maximum atomic E-state index is 8.88. The highest BCUT2D eigenvalue weighted by atomic mass is 16.8. The molecule has 1 N–H and O–H groups in total. The molecule has 1 fully saturated rings. The Balaban J connectivity index is 1.69. The van der Waals surface area contributed by atoms with Crippen molar-refractivity contribution >= 4 is 0 Å². The lowest BCUT2D eigenvalue weighted by Gasteiger charge is -2.04. The smallest absolute Gasteiger partial charge is 0.212 e. The molecule has 1 heterocycles. The molecule has 3 rings (SSSR count). The van der Waals surface area contributed by atoms with Crippen molar-refractivity contribution in [3.8, 4) is 6.07 Å². The Labute approximate surface area is 112 Å². The van der Waals surface area contributed by atoms with Crippen molar-refractivity contribution in [2.75, 3.05) is 0 Å². The van der Waals surface area contributed by atoms with Crippen molar-refractivity contribution < 1.29 is 4.84 Å². The van der Waals surface area contributed by atoms with E-state index in [9.17, 15) is 0 Å². The summed E-state index contributed by atoms with van der Waals surface area (Å²) in [4.78, 5) is 4.90. The Morgan fingerprint density at radius 3 is 2.26 bits per heavy atom. The van der Waals surface area contributed by atoms with Crippen LogP contribution >= 0.6 is 0 Å². The van der Waals surface area contributed by atoms with Crippen LogP contribution in [-0.2, 0) is 17.7 Å². The Kier molecular flexibility index (Phi) is 3.28. The standard InChI is InChI=1S/C16H13N2O/c17-11-15-3-1-2-14(9-15)8-12-4-6-13(7-5-12)10-16-18-19-16/h1-7,9,18H,8,10H2. The number of benzene rings is 2. The van der Waals surface area contributed by atoms with Crippen LogP contribution in [0.1, 0.15) is 22.3 Å². The van der Waals surface area contributed by atoms with Gasteiger partial charge >= 0.3 is 0 Å². The summed E-state index contributed by atoms with van der Waals surface area (Å²) in [6, 6.07) is 18.4. The summed E-state index contributed by atoms with van der Waals surface area (Å²) in [6.45, 7) is 0. The minimum absolute atomic E-state index is 0.711. The summed E-state index contributed by atoms with van der Waals surface area (Å²) >= 11 is 0. The van der Waals surface area contributed by atoms with Crippen LogP contribution in [0.25, 0.3) is 0 Å². The van der Waals surface area contributed by atoms with E-state index >= 15 is 0 Å². The van der Waals surface area contributed by atoms with Gasteiger partial charge in [0.2, 0.25) is 6.23 Å². The zero-order valence-corrected chi connectivity index (χ0v) is 10.4. The second kappa shape index (κ2) is 5.23. The number of nitriles is 1. The largest absolute Gasteiger partial charge is 0.269 e. The highest BCUT2D eigenvalue weighted by Gasteiger charge is 2.24. The molecule has 1 radical (unpaired) electrons. The van der Waals surface area contributed by atoms with Crippen molar-refractivity contribution in [3.05, 3.63) is 77.0 Å². The number of rotatable bonds is 4. The van der Waals surface area contributed by atoms with Crippen LogP contribution in [0.3, 0.4) is 0 Å². The molecule has 1 aliphatic rings. The van der Waals surface area contributed by atoms with E-state index in [2.05, 4.69) is 35.8 Å². The molecule has 2 aromatic carbocycles. The Hall–Kier alpha value is -2.15. The van der Waals surface area contributed by atoms with Gasteiger partial charge in [-0.1, -0.05) is 36.4 Å². The summed E-state index contributed by atoms with van der Waals surface area (Å²) < 4.78 is 0. The van der Waals surface area contributed by atoms with Gasteiger partial charge in [-0.2, -0.15) is 10.7 Å². The minimum atomic E-state index is 0.711. The van der Waals surface area contributed by atoms with Crippen molar-refractivity contribution in [3.63, 3.8) is 0 Å². The maximum absolute atomic E-state index is 8.88. The van der Waals surface area contributed by atoms with Crippen LogP contribution in [0.5, 0.6) is 0 Å². The number of hydrogen-bond donors (Lipinski definition) is 1. The molecule has 3 nitrogen and oxygen atoms in total. The van der Waals surface area contributed by atoms with E-state index in [1.165, 1.54) is 11.1 Å². The molecule has 0 saturated carbocycles. The third-order valence-corrected chi connectivity index (χ3v) is 3.10. The molecule has 0 atom stereocenters. The monoisotopic (exact) mass is 249 g/mol. The van der Waals surface area contributed by atoms with Crippen LogP contribution in [0, 0.1) is 17.6 Å². The maximum Gasteiger partial charge on any atom is 0.212 e. The zero-order chi connectivity index (χ0) is 13.1. The average Bonchev–Trinajstić information content (AvgIpc) is 3.25. The quantitative estimate of drug-likeness (QED) is 0.847. The van der Waals surface area contributed by atoms with Crippen molar-refractivity contribution in [1.82, 2.24) is 5.48 Å². The van der Waals surface area contributed by atoms with Crippen LogP contribution in [0.2, 0.25) is 0 Å². The van der Waals surface area contributed by atoms with Gasteiger partial charge in [0.15, 0.2) is 0 Å². The lowest BCUT2D eigenvalue weighted by Crippen LogP contribution is -1.92. The first-order chi connectivity index (χ1) is 9.33. The molecule has 0 aliphatic carbocycles. The summed E-state index contributed by atoms with van der Waals surface area (Å²) in [6.07, 6.45) is 2.60. The lowest BCUT2D eigenvalue weighted by atomic mass is 10.0. The van der Waals surface area contributed by atoms with Gasteiger partial charge < -0.3 is 0 Å².